The largest absolute Gasteiger partial charge is 0.477 e. The van der Waals surface area contributed by atoms with E-state index in [1.165, 1.54) is 11.4 Å². The van der Waals surface area contributed by atoms with Gasteiger partial charge in [0.05, 0.1) is 0 Å². The molecule has 0 aliphatic rings. The molecule has 1 heterocycles. The number of hydrogen-bond acceptors (Lipinski definition) is 2. The van der Waals surface area contributed by atoms with Gasteiger partial charge in [0.15, 0.2) is 17.5 Å². The highest BCUT2D eigenvalue weighted by atomic mass is 32.1. The fourth-order valence-electron chi connectivity index (χ4n) is 1.42. The normalized spacial score (nSPS) is 10.5. The van der Waals surface area contributed by atoms with Crippen LogP contribution in [0.5, 0.6) is 0 Å². The summed E-state index contributed by atoms with van der Waals surface area (Å²) in [5.41, 5.74) is -0.221. The predicted molar refractivity (Wildman–Crippen MR) is 56.6 cm³/mol. The van der Waals surface area contributed by atoms with Gasteiger partial charge < -0.3 is 5.11 Å². The summed E-state index contributed by atoms with van der Waals surface area (Å²) in [6.45, 7) is 0. The molecule has 6 heteroatoms. The Labute approximate surface area is 97.9 Å². The van der Waals surface area contributed by atoms with E-state index in [-0.39, 0.29) is 16.0 Å². The molecule has 2 rings (SSSR count). The molecule has 1 aromatic carbocycles. The van der Waals surface area contributed by atoms with E-state index in [1.54, 1.807) is 0 Å². The zero-order valence-corrected chi connectivity index (χ0v) is 9.02. The molecule has 0 spiro atoms. The molecule has 2 aromatic rings. The molecule has 0 aliphatic carbocycles. The van der Waals surface area contributed by atoms with Gasteiger partial charge in [-0.15, -0.1) is 11.3 Å². The summed E-state index contributed by atoms with van der Waals surface area (Å²) < 4.78 is 39.2. The van der Waals surface area contributed by atoms with Gasteiger partial charge in [0, 0.05) is 11.1 Å². The SMILES string of the molecule is O=C(O)c1sccc1-c1ccc(F)c(F)c1F. The lowest BCUT2D eigenvalue weighted by atomic mass is 10.1. The molecular formula is C11H5F3O2S. The van der Waals surface area contributed by atoms with Crippen molar-refractivity contribution < 1.29 is 23.1 Å². The number of hydrogen-bond donors (Lipinski definition) is 1. The lowest BCUT2D eigenvalue weighted by molar-refractivity contribution is 0.0703. The van der Waals surface area contributed by atoms with Crippen LogP contribution in [0.1, 0.15) is 9.67 Å². The molecule has 0 bridgehead atoms. The number of rotatable bonds is 2. The summed E-state index contributed by atoms with van der Waals surface area (Å²) in [4.78, 5) is 10.7. The second-order valence-electron chi connectivity index (χ2n) is 3.19. The second kappa shape index (κ2) is 4.21. The summed E-state index contributed by atoms with van der Waals surface area (Å²) >= 11 is 0.889. The van der Waals surface area contributed by atoms with Gasteiger partial charge in [0.2, 0.25) is 0 Å². The number of carboxylic acid groups (broad SMARTS) is 1. The van der Waals surface area contributed by atoms with E-state index < -0.39 is 23.4 Å². The van der Waals surface area contributed by atoms with Crippen LogP contribution in [0.15, 0.2) is 23.6 Å². The van der Waals surface area contributed by atoms with Crippen LogP contribution in [0.2, 0.25) is 0 Å². The lowest BCUT2D eigenvalue weighted by Crippen LogP contribution is -1.98. The topological polar surface area (TPSA) is 37.3 Å². The number of halogens is 3. The standard InChI is InChI=1S/C11H5F3O2S/c12-7-2-1-5(8(13)9(7)14)6-3-4-17-10(6)11(15)16/h1-4H,(H,15,16). The van der Waals surface area contributed by atoms with E-state index in [9.17, 15) is 18.0 Å². The number of carbonyl (C=O) groups is 1. The molecular weight excluding hydrogens is 253 g/mol. The molecule has 0 fully saturated rings. The van der Waals surface area contributed by atoms with Gasteiger partial charge in [-0.2, -0.15) is 0 Å². The van der Waals surface area contributed by atoms with E-state index in [4.69, 9.17) is 5.11 Å². The molecule has 1 N–H and O–H groups in total. The van der Waals surface area contributed by atoms with Gasteiger partial charge in [0.1, 0.15) is 4.88 Å². The van der Waals surface area contributed by atoms with Gasteiger partial charge in [-0.1, -0.05) is 0 Å². The number of aromatic carboxylic acids is 1. The Kier molecular flexibility index (Phi) is 2.89. The average Bonchev–Trinajstić information content (AvgIpc) is 2.75. The first-order chi connectivity index (χ1) is 8.02. The maximum absolute atomic E-state index is 13.5. The Morgan fingerprint density at radius 2 is 1.76 bits per heavy atom. The summed E-state index contributed by atoms with van der Waals surface area (Å²) in [5, 5.41) is 10.3. The minimum atomic E-state index is -1.61. The van der Waals surface area contributed by atoms with Crippen molar-refractivity contribution in [1.82, 2.24) is 0 Å². The molecule has 17 heavy (non-hydrogen) atoms. The minimum Gasteiger partial charge on any atom is -0.477 e. The average molecular weight is 258 g/mol. The van der Waals surface area contributed by atoms with E-state index in [0.29, 0.717) is 0 Å². The lowest BCUT2D eigenvalue weighted by Gasteiger charge is -2.04. The first-order valence-electron chi connectivity index (χ1n) is 4.47. The third kappa shape index (κ3) is 1.91. The van der Waals surface area contributed by atoms with Crippen LogP contribution in [0.25, 0.3) is 11.1 Å². The number of thiophene rings is 1. The summed E-state index contributed by atoms with van der Waals surface area (Å²) in [7, 11) is 0. The molecule has 0 unspecified atom stereocenters. The quantitative estimate of drug-likeness (QED) is 0.837. The molecule has 0 radical (unpaired) electrons. The number of carboxylic acids is 1. The van der Waals surface area contributed by atoms with Crippen LogP contribution in [0, 0.1) is 17.5 Å². The molecule has 0 aliphatic heterocycles. The highest BCUT2D eigenvalue weighted by Gasteiger charge is 2.20. The summed E-state index contributed by atoms with van der Waals surface area (Å²) in [5.74, 6) is -5.53. The monoisotopic (exact) mass is 258 g/mol. The van der Waals surface area contributed by atoms with Crippen molar-refractivity contribution >= 4 is 17.3 Å². The van der Waals surface area contributed by atoms with Crippen LogP contribution >= 0.6 is 11.3 Å². The minimum absolute atomic E-state index is 0.0406. The van der Waals surface area contributed by atoms with Crippen molar-refractivity contribution in [2.24, 2.45) is 0 Å². The van der Waals surface area contributed by atoms with Crippen LogP contribution in [0.3, 0.4) is 0 Å². The Morgan fingerprint density at radius 3 is 2.41 bits per heavy atom. The molecule has 0 atom stereocenters. The van der Waals surface area contributed by atoms with E-state index in [1.807, 2.05) is 0 Å². The van der Waals surface area contributed by atoms with Crippen molar-refractivity contribution in [2.75, 3.05) is 0 Å². The van der Waals surface area contributed by atoms with Crippen LogP contribution in [-0.2, 0) is 0 Å². The van der Waals surface area contributed by atoms with E-state index in [2.05, 4.69) is 0 Å². The smallest absolute Gasteiger partial charge is 0.346 e. The van der Waals surface area contributed by atoms with Crippen LogP contribution < -0.4 is 0 Å². The zero-order valence-electron chi connectivity index (χ0n) is 8.21. The van der Waals surface area contributed by atoms with Crippen molar-refractivity contribution in [2.45, 2.75) is 0 Å². The summed E-state index contributed by atoms with van der Waals surface area (Å²) in [6, 6.07) is 3.13. The van der Waals surface area contributed by atoms with Crippen LogP contribution in [-0.4, -0.2) is 11.1 Å². The Balaban J connectivity index is 2.65. The van der Waals surface area contributed by atoms with Gasteiger partial charge in [-0.05, 0) is 23.6 Å². The molecule has 0 saturated heterocycles. The first-order valence-corrected chi connectivity index (χ1v) is 5.35. The molecule has 0 saturated carbocycles. The third-order valence-corrected chi connectivity index (χ3v) is 3.09. The molecule has 0 amide bonds. The fourth-order valence-corrected chi connectivity index (χ4v) is 2.17. The highest BCUT2D eigenvalue weighted by Crippen LogP contribution is 2.31. The highest BCUT2D eigenvalue weighted by molar-refractivity contribution is 7.12. The number of benzene rings is 1. The van der Waals surface area contributed by atoms with Gasteiger partial charge in [-0.25, -0.2) is 18.0 Å². The third-order valence-electron chi connectivity index (χ3n) is 2.18. The van der Waals surface area contributed by atoms with Gasteiger partial charge >= 0.3 is 5.97 Å². The molecule has 2 nitrogen and oxygen atoms in total. The predicted octanol–water partition coefficient (Wildman–Crippen LogP) is 3.53. The first kappa shape index (κ1) is 11.7. The van der Waals surface area contributed by atoms with Crippen molar-refractivity contribution in [3.05, 3.63) is 45.9 Å². The summed E-state index contributed by atoms with van der Waals surface area (Å²) in [6.07, 6.45) is 0. The zero-order chi connectivity index (χ0) is 12.6. The Hall–Kier alpha value is -1.82. The van der Waals surface area contributed by atoms with E-state index in [0.717, 1.165) is 23.5 Å². The van der Waals surface area contributed by atoms with Crippen molar-refractivity contribution in [1.29, 1.82) is 0 Å². The van der Waals surface area contributed by atoms with Gasteiger partial charge in [-0.3, -0.25) is 0 Å². The van der Waals surface area contributed by atoms with Crippen molar-refractivity contribution in [3.8, 4) is 11.1 Å². The van der Waals surface area contributed by atoms with Crippen molar-refractivity contribution in [3.63, 3.8) is 0 Å². The fraction of sp³-hybridized carbons (Fsp3) is 0. The van der Waals surface area contributed by atoms with Gasteiger partial charge in [0.25, 0.3) is 0 Å². The second-order valence-corrected chi connectivity index (χ2v) is 4.11. The Morgan fingerprint density at radius 1 is 1.06 bits per heavy atom. The molecule has 1 aromatic heterocycles. The maximum Gasteiger partial charge on any atom is 0.346 e. The maximum atomic E-state index is 13.5. The van der Waals surface area contributed by atoms with Crippen LogP contribution in [0.4, 0.5) is 13.2 Å². The van der Waals surface area contributed by atoms with E-state index >= 15 is 0 Å². The molecule has 88 valence electrons. The Bertz CT molecular complexity index is 592.